The Kier molecular flexibility index (Phi) is 5.78. The lowest BCUT2D eigenvalue weighted by molar-refractivity contribution is -0.132. The highest BCUT2D eigenvalue weighted by atomic mass is 35.5. The molecule has 2 N–H and O–H groups in total. The number of anilines is 1. The zero-order chi connectivity index (χ0) is 23.9. The number of Topliss-reactive ketones (excluding diaryl/α,β-unsaturated/α-hetero) is 1. The molecule has 1 atom stereocenters. The molecule has 0 aliphatic carbocycles. The van der Waals surface area contributed by atoms with Crippen molar-refractivity contribution >= 4 is 34.7 Å². The van der Waals surface area contributed by atoms with E-state index < -0.39 is 35.1 Å². The molecule has 1 amide bonds. The number of ether oxygens (including phenoxy) is 1. The van der Waals surface area contributed by atoms with Crippen molar-refractivity contribution in [3.05, 3.63) is 94.0 Å². The number of amides is 1. The van der Waals surface area contributed by atoms with Crippen LogP contribution in [0.2, 0.25) is 5.02 Å². The molecule has 0 spiro atoms. The van der Waals surface area contributed by atoms with Crippen molar-refractivity contribution in [3.8, 4) is 11.5 Å². The van der Waals surface area contributed by atoms with Gasteiger partial charge in [-0.15, -0.1) is 0 Å². The number of hydrogen-bond donors (Lipinski definition) is 2. The lowest BCUT2D eigenvalue weighted by Gasteiger charge is -2.26. The molecule has 9 heteroatoms. The molecule has 1 aliphatic rings. The van der Waals surface area contributed by atoms with Gasteiger partial charge in [-0.05, 0) is 54.1 Å². The summed E-state index contributed by atoms with van der Waals surface area (Å²) in [7, 11) is 1.35. The Balaban J connectivity index is 1.96. The van der Waals surface area contributed by atoms with Crippen molar-refractivity contribution < 1.29 is 33.3 Å². The number of halogens is 3. The van der Waals surface area contributed by atoms with E-state index in [0.717, 1.165) is 23.1 Å². The highest BCUT2D eigenvalue weighted by Crippen LogP contribution is 2.44. The first kappa shape index (κ1) is 22.3. The van der Waals surface area contributed by atoms with Gasteiger partial charge in [0.1, 0.15) is 5.76 Å². The van der Waals surface area contributed by atoms with Crippen LogP contribution < -0.4 is 9.64 Å². The number of phenols is 1. The third-order valence-electron chi connectivity index (χ3n) is 5.26. The van der Waals surface area contributed by atoms with Crippen LogP contribution in [0, 0.1) is 11.6 Å². The highest BCUT2D eigenvalue weighted by molar-refractivity contribution is 6.51. The van der Waals surface area contributed by atoms with Crippen LogP contribution >= 0.6 is 11.6 Å². The molecule has 1 saturated heterocycles. The number of aromatic hydroxyl groups is 1. The van der Waals surface area contributed by atoms with E-state index in [2.05, 4.69) is 0 Å². The van der Waals surface area contributed by atoms with Crippen molar-refractivity contribution in [2.24, 2.45) is 0 Å². The second kappa shape index (κ2) is 8.55. The number of rotatable bonds is 4. The van der Waals surface area contributed by atoms with Gasteiger partial charge in [-0.2, -0.15) is 0 Å². The molecule has 0 radical (unpaired) electrons. The van der Waals surface area contributed by atoms with Crippen LogP contribution in [0.3, 0.4) is 0 Å². The normalized spacial score (nSPS) is 17.5. The molecule has 4 rings (SSSR count). The van der Waals surface area contributed by atoms with E-state index in [1.165, 1.54) is 49.6 Å². The average Bonchev–Trinajstić information content (AvgIpc) is 3.06. The number of benzene rings is 3. The number of ketones is 1. The fourth-order valence-corrected chi connectivity index (χ4v) is 3.82. The number of carbonyl (C=O) groups excluding carboxylic acids is 2. The maximum atomic E-state index is 14.0. The van der Waals surface area contributed by atoms with Gasteiger partial charge in [-0.25, -0.2) is 8.78 Å². The van der Waals surface area contributed by atoms with Gasteiger partial charge >= 0.3 is 0 Å². The standard InChI is InChI=1S/C24H16ClF2NO5/c1-33-19-9-4-13(10-18(19)29)21-20(22(30)12-2-5-14(25)6-3-12)23(31)24(32)28(21)15-7-8-16(26)17(27)11-15/h2-11,21,29-30H,1H3/b22-20+. The predicted molar refractivity (Wildman–Crippen MR) is 117 cm³/mol. The minimum absolute atomic E-state index is 0.105. The summed E-state index contributed by atoms with van der Waals surface area (Å²) < 4.78 is 32.5. The molecule has 1 aliphatic heterocycles. The number of nitrogens with zero attached hydrogens (tertiary/aromatic N) is 1. The van der Waals surface area contributed by atoms with Gasteiger partial charge in [0.15, 0.2) is 23.1 Å². The molecular formula is C24H16ClF2NO5. The first-order chi connectivity index (χ1) is 15.7. The van der Waals surface area contributed by atoms with Crippen LogP contribution in [0.25, 0.3) is 5.76 Å². The van der Waals surface area contributed by atoms with E-state index in [9.17, 15) is 28.6 Å². The van der Waals surface area contributed by atoms with Crippen LogP contribution in [0.4, 0.5) is 14.5 Å². The van der Waals surface area contributed by atoms with Gasteiger partial charge in [0.2, 0.25) is 0 Å². The van der Waals surface area contributed by atoms with Crippen molar-refractivity contribution in [3.63, 3.8) is 0 Å². The van der Waals surface area contributed by atoms with Crippen LogP contribution in [-0.2, 0) is 9.59 Å². The summed E-state index contributed by atoms with van der Waals surface area (Å²) in [5.74, 6) is -5.07. The van der Waals surface area contributed by atoms with Crippen LogP contribution in [-0.4, -0.2) is 29.0 Å². The molecule has 6 nitrogen and oxygen atoms in total. The van der Waals surface area contributed by atoms with Crippen LogP contribution in [0.5, 0.6) is 11.5 Å². The Morgan fingerprint density at radius 3 is 2.30 bits per heavy atom. The minimum atomic E-state index is -1.25. The average molecular weight is 472 g/mol. The highest BCUT2D eigenvalue weighted by Gasteiger charge is 2.47. The molecule has 1 unspecified atom stereocenters. The first-order valence-corrected chi connectivity index (χ1v) is 9.99. The van der Waals surface area contributed by atoms with Crippen molar-refractivity contribution in [1.82, 2.24) is 0 Å². The van der Waals surface area contributed by atoms with Gasteiger partial charge < -0.3 is 14.9 Å². The zero-order valence-corrected chi connectivity index (χ0v) is 17.8. The molecule has 0 bridgehead atoms. The van der Waals surface area contributed by atoms with Crippen molar-refractivity contribution in [2.45, 2.75) is 6.04 Å². The van der Waals surface area contributed by atoms with E-state index in [-0.39, 0.29) is 33.9 Å². The number of phenolic OH excluding ortho intramolecular Hbond substituents is 1. The Morgan fingerprint density at radius 2 is 1.70 bits per heavy atom. The summed E-state index contributed by atoms with van der Waals surface area (Å²) in [4.78, 5) is 27.0. The monoisotopic (exact) mass is 471 g/mol. The number of methoxy groups -OCH3 is 1. The van der Waals surface area contributed by atoms with Crippen molar-refractivity contribution in [2.75, 3.05) is 12.0 Å². The summed E-state index contributed by atoms with van der Waals surface area (Å²) in [5, 5.41) is 21.7. The smallest absolute Gasteiger partial charge is 0.300 e. The maximum Gasteiger partial charge on any atom is 0.300 e. The number of carbonyl (C=O) groups is 2. The van der Waals surface area contributed by atoms with Crippen molar-refractivity contribution in [1.29, 1.82) is 0 Å². The first-order valence-electron chi connectivity index (χ1n) is 9.61. The van der Waals surface area contributed by atoms with Gasteiger partial charge in [0, 0.05) is 22.3 Å². The Hall–Kier alpha value is -3.91. The van der Waals surface area contributed by atoms with E-state index in [0.29, 0.717) is 5.02 Å². The lowest BCUT2D eigenvalue weighted by Crippen LogP contribution is -2.29. The van der Waals surface area contributed by atoms with Gasteiger partial charge in [0.05, 0.1) is 18.7 Å². The molecular weight excluding hydrogens is 456 g/mol. The summed E-state index contributed by atoms with van der Waals surface area (Å²) in [5.41, 5.74) is 0.0428. The predicted octanol–water partition coefficient (Wildman–Crippen LogP) is 4.96. The van der Waals surface area contributed by atoms with Gasteiger partial charge in [0.25, 0.3) is 11.7 Å². The topological polar surface area (TPSA) is 87.1 Å². The number of hydrogen-bond acceptors (Lipinski definition) is 5. The number of aliphatic hydroxyl groups is 1. The molecule has 0 saturated carbocycles. The summed E-state index contributed by atoms with van der Waals surface area (Å²) in [6.45, 7) is 0. The number of aliphatic hydroxyl groups excluding tert-OH is 1. The molecule has 1 fully saturated rings. The van der Waals surface area contributed by atoms with Crippen LogP contribution in [0.15, 0.2) is 66.2 Å². The SMILES string of the molecule is COc1ccc(C2/C(=C(\O)c3ccc(Cl)cc3)C(=O)C(=O)N2c2ccc(F)c(F)c2)cc1O. The second-order valence-corrected chi connectivity index (χ2v) is 7.64. The second-order valence-electron chi connectivity index (χ2n) is 7.21. The van der Waals surface area contributed by atoms with E-state index >= 15 is 0 Å². The van der Waals surface area contributed by atoms with E-state index in [4.69, 9.17) is 16.3 Å². The van der Waals surface area contributed by atoms with Gasteiger partial charge in [-0.3, -0.25) is 14.5 Å². The van der Waals surface area contributed by atoms with Gasteiger partial charge in [-0.1, -0.05) is 17.7 Å². The summed E-state index contributed by atoms with van der Waals surface area (Å²) >= 11 is 5.90. The molecule has 3 aromatic carbocycles. The van der Waals surface area contributed by atoms with E-state index in [1.807, 2.05) is 0 Å². The zero-order valence-electron chi connectivity index (χ0n) is 17.1. The third kappa shape index (κ3) is 3.89. The molecule has 1 heterocycles. The molecule has 168 valence electrons. The molecule has 3 aromatic rings. The minimum Gasteiger partial charge on any atom is -0.507 e. The molecule has 33 heavy (non-hydrogen) atoms. The summed E-state index contributed by atoms with van der Waals surface area (Å²) in [6, 6.07) is 11.6. The Labute approximate surface area is 191 Å². The maximum absolute atomic E-state index is 14.0. The van der Waals surface area contributed by atoms with E-state index in [1.54, 1.807) is 0 Å². The largest absolute Gasteiger partial charge is 0.507 e. The molecule has 0 aromatic heterocycles. The van der Waals surface area contributed by atoms with Crippen LogP contribution in [0.1, 0.15) is 17.2 Å². The fourth-order valence-electron chi connectivity index (χ4n) is 3.69. The third-order valence-corrected chi connectivity index (χ3v) is 5.51. The Bertz CT molecular complexity index is 1310. The fraction of sp³-hybridized carbons (Fsp3) is 0.0833. The summed E-state index contributed by atoms with van der Waals surface area (Å²) in [6.07, 6.45) is 0. The quantitative estimate of drug-likeness (QED) is 0.319. The lowest BCUT2D eigenvalue weighted by atomic mass is 9.94. The Morgan fingerprint density at radius 1 is 1.00 bits per heavy atom.